The number of nitrogens with one attached hydrogen (secondary N) is 1. The van der Waals surface area contributed by atoms with Crippen molar-refractivity contribution in [3.63, 3.8) is 0 Å². The van der Waals surface area contributed by atoms with Crippen molar-refractivity contribution in [1.29, 1.82) is 0 Å². The van der Waals surface area contributed by atoms with Crippen LogP contribution in [-0.4, -0.2) is 45.0 Å². The van der Waals surface area contributed by atoms with Crippen molar-refractivity contribution in [1.82, 2.24) is 14.9 Å². The van der Waals surface area contributed by atoms with E-state index in [2.05, 4.69) is 9.97 Å². The Morgan fingerprint density at radius 1 is 1.35 bits per heavy atom. The zero-order chi connectivity index (χ0) is 16.2. The fourth-order valence-corrected chi connectivity index (χ4v) is 2.71. The van der Waals surface area contributed by atoms with Crippen LogP contribution in [0.3, 0.4) is 0 Å². The number of rotatable bonds is 5. The fourth-order valence-electron chi connectivity index (χ4n) is 2.71. The molecule has 2 aromatic rings. The average molecular weight is 315 g/mol. The predicted molar refractivity (Wildman–Crippen MR) is 80.5 cm³/mol. The van der Waals surface area contributed by atoms with Crippen molar-refractivity contribution in [2.24, 2.45) is 0 Å². The maximum atomic E-state index is 12.3. The lowest BCUT2D eigenvalue weighted by molar-refractivity contribution is -0.153. The van der Waals surface area contributed by atoms with Crippen LogP contribution in [0.15, 0.2) is 36.7 Å². The van der Waals surface area contributed by atoms with E-state index in [0.29, 0.717) is 25.3 Å². The van der Waals surface area contributed by atoms with E-state index in [1.54, 1.807) is 0 Å². The standard InChI is InChI=1S/C16H17N3O4/c20-13(9-23-8-11-4-2-1-3-5-11)19-7-6-12-14(18-10-17-12)15(19)16(21)22/h1-5,10,15H,6-9H2,(H,17,18)(H,21,22)/t15-/m1/s1. The number of hydrogen-bond donors (Lipinski definition) is 2. The van der Waals surface area contributed by atoms with Gasteiger partial charge in [0.25, 0.3) is 0 Å². The monoisotopic (exact) mass is 315 g/mol. The smallest absolute Gasteiger partial charge is 0.332 e. The van der Waals surface area contributed by atoms with E-state index >= 15 is 0 Å². The molecule has 0 saturated heterocycles. The van der Waals surface area contributed by atoms with Gasteiger partial charge in [-0.25, -0.2) is 9.78 Å². The fraction of sp³-hybridized carbons (Fsp3) is 0.312. The highest BCUT2D eigenvalue weighted by atomic mass is 16.5. The van der Waals surface area contributed by atoms with Crippen LogP contribution in [0.1, 0.15) is 23.0 Å². The van der Waals surface area contributed by atoms with Crippen LogP contribution in [0.4, 0.5) is 0 Å². The molecular weight excluding hydrogens is 298 g/mol. The number of H-pyrrole nitrogens is 1. The molecule has 0 radical (unpaired) electrons. The minimum atomic E-state index is -1.09. The third-order valence-corrected chi connectivity index (χ3v) is 3.82. The lowest BCUT2D eigenvalue weighted by atomic mass is 10.0. The second-order valence-corrected chi connectivity index (χ2v) is 5.32. The molecule has 1 aliphatic heterocycles. The summed E-state index contributed by atoms with van der Waals surface area (Å²) in [4.78, 5) is 32.2. The molecule has 1 aromatic heterocycles. The minimum absolute atomic E-state index is 0.154. The maximum Gasteiger partial charge on any atom is 0.332 e. The number of carboxylic acid groups (broad SMARTS) is 1. The number of aromatic amines is 1. The molecule has 3 rings (SSSR count). The number of aliphatic carboxylic acids is 1. The minimum Gasteiger partial charge on any atom is -0.479 e. The number of amides is 1. The molecule has 1 atom stereocenters. The van der Waals surface area contributed by atoms with Crippen LogP contribution >= 0.6 is 0 Å². The van der Waals surface area contributed by atoms with E-state index in [4.69, 9.17) is 4.74 Å². The number of carboxylic acids is 1. The summed E-state index contributed by atoms with van der Waals surface area (Å²) in [5, 5.41) is 9.44. The summed E-state index contributed by atoms with van der Waals surface area (Å²) < 4.78 is 5.42. The molecule has 1 aromatic carbocycles. The predicted octanol–water partition coefficient (Wildman–Crippen LogP) is 1.14. The number of imidazole rings is 1. The lowest BCUT2D eigenvalue weighted by Gasteiger charge is -2.32. The van der Waals surface area contributed by atoms with Crippen LogP contribution in [0.2, 0.25) is 0 Å². The molecule has 1 amide bonds. The van der Waals surface area contributed by atoms with Gasteiger partial charge in [-0.2, -0.15) is 0 Å². The Morgan fingerprint density at radius 3 is 2.87 bits per heavy atom. The first kappa shape index (κ1) is 15.2. The zero-order valence-electron chi connectivity index (χ0n) is 12.4. The molecule has 0 saturated carbocycles. The molecule has 1 aliphatic rings. The Kier molecular flexibility index (Phi) is 4.38. The van der Waals surface area contributed by atoms with Crippen molar-refractivity contribution >= 4 is 11.9 Å². The number of carbonyl (C=O) groups excluding carboxylic acids is 1. The van der Waals surface area contributed by atoms with Crippen LogP contribution in [-0.2, 0) is 27.4 Å². The van der Waals surface area contributed by atoms with Gasteiger partial charge in [0.1, 0.15) is 6.61 Å². The highest BCUT2D eigenvalue weighted by Crippen LogP contribution is 2.27. The second-order valence-electron chi connectivity index (χ2n) is 5.32. The third kappa shape index (κ3) is 3.24. The molecule has 0 unspecified atom stereocenters. The van der Waals surface area contributed by atoms with Gasteiger partial charge in [0.15, 0.2) is 6.04 Å². The van der Waals surface area contributed by atoms with Crippen LogP contribution in [0.5, 0.6) is 0 Å². The Bertz CT molecular complexity index is 698. The van der Waals surface area contributed by atoms with Crippen molar-refractivity contribution in [3.8, 4) is 0 Å². The van der Waals surface area contributed by atoms with Crippen LogP contribution in [0, 0.1) is 0 Å². The highest BCUT2D eigenvalue weighted by Gasteiger charge is 2.37. The maximum absolute atomic E-state index is 12.3. The van der Waals surface area contributed by atoms with Gasteiger partial charge < -0.3 is 19.7 Å². The number of hydrogen-bond acceptors (Lipinski definition) is 4. The summed E-state index contributed by atoms with van der Waals surface area (Å²) in [5.41, 5.74) is 2.13. The summed E-state index contributed by atoms with van der Waals surface area (Å²) in [6.45, 7) is 0.490. The van der Waals surface area contributed by atoms with Crippen molar-refractivity contribution < 1.29 is 19.4 Å². The molecule has 0 bridgehead atoms. The Balaban J connectivity index is 1.63. The van der Waals surface area contributed by atoms with Crippen LogP contribution < -0.4 is 0 Å². The van der Waals surface area contributed by atoms with E-state index < -0.39 is 12.0 Å². The van der Waals surface area contributed by atoms with Crippen molar-refractivity contribution in [2.75, 3.05) is 13.2 Å². The third-order valence-electron chi connectivity index (χ3n) is 3.82. The lowest BCUT2D eigenvalue weighted by Crippen LogP contribution is -2.45. The first-order valence-electron chi connectivity index (χ1n) is 7.33. The zero-order valence-corrected chi connectivity index (χ0v) is 12.4. The number of nitrogens with zero attached hydrogens (tertiary/aromatic N) is 2. The summed E-state index contributed by atoms with van der Waals surface area (Å²) in [5.74, 6) is -1.43. The molecule has 2 heterocycles. The summed E-state index contributed by atoms with van der Waals surface area (Å²) >= 11 is 0. The topological polar surface area (TPSA) is 95.5 Å². The first-order chi connectivity index (χ1) is 11.2. The normalized spacial score (nSPS) is 16.9. The van der Waals surface area contributed by atoms with Crippen LogP contribution in [0.25, 0.3) is 0 Å². The summed E-state index contributed by atoms with van der Waals surface area (Å²) in [6, 6.07) is 8.44. The second kappa shape index (κ2) is 6.62. The molecule has 2 N–H and O–H groups in total. The Labute approximate surface area is 132 Å². The van der Waals surface area contributed by atoms with Gasteiger partial charge in [0.2, 0.25) is 5.91 Å². The van der Waals surface area contributed by atoms with E-state index in [0.717, 1.165) is 11.3 Å². The molecular formula is C16H17N3O4. The molecule has 120 valence electrons. The Morgan fingerprint density at radius 2 is 2.13 bits per heavy atom. The molecule has 7 heteroatoms. The molecule has 0 spiro atoms. The van der Waals surface area contributed by atoms with Gasteiger partial charge in [-0.1, -0.05) is 30.3 Å². The van der Waals surface area contributed by atoms with E-state index in [1.807, 2.05) is 30.3 Å². The molecule has 0 fully saturated rings. The molecule has 23 heavy (non-hydrogen) atoms. The van der Waals surface area contributed by atoms with Crippen molar-refractivity contribution in [2.45, 2.75) is 19.1 Å². The number of ether oxygens (including phenoxy) is 1. The Hall–Kier alpha value is -2.67. The van der Waals surface area contributed by atoms with Gasteiger partial charge in [-0.15, -0.1) is 0 Å². The van der Waals surface area contributed by atoms with E-state index in [9.17, 15) is 14.7 Å². The van der Waals surface area contributed by atoms with Gasteiger partial charge in [-0.3, -0.25) is 4.79 Å². The summed E-state index contributed by atoms with van der Waals surface area (Å²) in [6.07, 6.45) is 2.02. The molecule has 7 nitrogen and oxygen atoms in total. The van der Waals surface area contributed by atoms with E-state index in [1.165, 1.54) is 11.2 Å². The number of carbonyl (C=O) groups is 2. The van der Waals surface area contributed by atoms with Gasteiger partial charge in [0.05, 0.1) is 18.6 Å². The van der Waals surface area contributed by atoms with Gasteiger partial charge in [0, 0.05) is 18.7 Å². The quantitative estimate of drug-likeness (QED) is 0.862. The van der Waals surface area contributed by atoms with Gasteiger partial charge >= 0.3 is 5.97 Å². The number of fused-ring (bicyclic) bond motifs is 1. The van der Waals surface area contributed by atoms with Crippen molar-refractivity contribution in [3.05, 3.63) is 53.6 Å². The SMILES string of the molecule is O=C(O)[C@H]1c2nc[nH]c2CCN1C(=O)COCc1ccccc1. The highest BCUT2D eigenvalue weighted by molar-refractivity contribution is 5.85. The number of aromatic nitrogens is 2. The largest absolute Gasteiger partial charge is 0.479 e. The van der Waals surface area contributed by atoms with E-state index in [-0.39, 0.29) is 12.5 Å². The first-order valence-corrected chi connectivity index (χ1v) is 7.33. The number of benzene rings is 1. The van der Waals surface area contributed by atoms with Gasteiger partial charge in [-0.05, 0) is 5.56 Å². The average Bonchev–Trinajstić information content (AvgIpc) is 3.03. The molecule has 0 aliphatic carbocycles. The summed E-state index contributed by atoms with van der Waals surface area (Å²) in [7, 11) is 0.